The molecule has 1 aliphatic rings. The molecule has 2 rings (SSSR count). The number of ether oxygens (including phenoxy) is 2. The van der Waals surface area contributed by atoms with E-state index >= 15 is 0 Å². The molecule has 12 heavy (non-hydrogen) atoms. The Labute approximate surface area is 82.8 Å². The molecule has 0 aliphatic carbocycles. The first-order valence-corrected chi connectivity index (χ1v) is 5.34. The SMILES string of the molecule is Brc1csc(C2COCCO2)n1. The van der Waals surface area contributed by atoms with Crippen LogP contribution in [0.3, 0.4) is 0 Å². The fourth-order valence-corrected chi connectivity index (χ4v) is 2.34. The van der Waals surface area contributed by atoms with Gasteiger partial charge in [-0.25, -0.2) is 4.98 Å². The minimum Gasteiger partial charge on any atom is -0.376 e. The fraction of sp³-hybridized carbons (Fsp3) is 0.571. The van der Waals surface area contributed by atoms with Crippen molar-refractivity contribution in [3.8, 4) is 0 Å². The largest absolute Gasteiger partial charge is 0.376 e. The van der Waals surface area contributed by atoms with Gasteiger partial charge in [0.2, 0.25) is 0 Å². The summed E-state index contributed by atoms with van der Waals surface area (Å²) in [6.45, 7) is 1.99. The van der Waals surface area contributed by atoms with E-state index in [0.29, 0.717) is 19.8 Å². The maximum atomic E-state index is 5.48. The quantitative estimate of drug-likeness (QED) is 0.763. The minimum atomic E-state index is 0.0371. The molecule has 0 spiro atoms. The van der Waals surface area contributed by atoms with E-state index < -0.39 is 0 Å². The van der Waals surface area contributed by atoms with Crippen LogP contribution in [0.15, 0.2) is 9.98 Å². The average molecular weight is 250 g/mol. The second-order valence-electron chi connectivity index (χ2n) is 2.44. The Balaban J connectivity index is 2.08. The number of halogens is 1. The average Bonchev–Trinajstić information content (AvgIpc) is 2.54. The van der Waals surface area contributed by atoms with E-state index in [0.717, 1.165) is 9.61 Å². The van der Waals surface area contributed by atoms with Crippen LogP contribution >= 0.6 is 27.3 Å². The van der Waals surface area contributed by atoms with Crippen molar-refractivity contribution in [2.75, 3.05) is 19.8 Å². The van der Waals surface area contributed by atoms with Crippen LogP contribution in [0.1, 0.15) is 11.1 Å². The standard InChI is InChI=1S/C7H8BrNO2S/c8-6-4-12-7(9-6)5-3-10-1-2-11-5/h4-5H,1-3H2. The summed E-state index contributed by atoms with van der Waals surface area (Å²) in [4.78, 5) is 4.26. The van der Waals surface area contributed by atoms with Crippen LogP contribution < -0.4 is 0 Å². The van der Waals surface area contributed by atoms with Gasteiger partial charge in [-0.3, -0.25) is 0 Å². The summed E-state index contributed by atoms with van der Waals surface area (Å²) < 4.78 is 11.6. The molecule has 2 heterocycles. The number of thiazole rings is 1. The van der Waals surface area contributed by atoms with E-state index in [1.807, 2.05) is 5.38 Å². The van der Waals surface area contributed by atoms with Crippen LogP contribution in [0.4, 0.5) is 0 Å². The lowest BCUT2D eigenvalue weighted by molar-refractivity contribution is -0.0902. The molecule has 0 amide bonds. The van der Waals surface area contributed by atoms with Crippen molar-refractivity contribution in [2.45, 2.75) is 6.10 Å². The highest BCUT2D eigenvalue weighted by Gasteiger charge is 2.19. The van der Waals surface area contributed by atoms with Crippen LogP contribution in [-0.4, -0.2) is 24.8 Å². The Hall–Kier alpha value is 0.0300. The second-order valence-corrected chi connectivity index (χ2v) is 4.14. The summed E-state index contributed by atoms with van der Waals surface area (Å²) in [5, 5.41) is 2.94. The molecule has 0 radical (unpaired) electrons. The molecule has 1 saturated heterocycles. The van der Waals surface area contributed by atoms with Gasteiger partial charge in [0.25, 0.3) is 0 Å². The van der Waals surface area contributed by atoms with Crippen molar-refractivity contribution in [2.24, 2.45) is 0 Å². The third-order valence-corrected chi connectivity index (χ3v) is 3.23. The molecule has 0 aromatic carbocycles. The molecule has 1 fully saturated rings. The van der Waals surface area contributed by atoms with Gasteiger partial charge in [-0.2, -0.15) is 0 Å². The molecule has 0 bridgehead atoms. The maximum Gasteiger partial charge on any atom is 0.132 e. The molecule has 0 saturated carbocycles. The van der Waals surface area contributed by atoms with Gasteiger partial charge >= 0.3 is 0 Å². The van der Waals surface area contributed by atoms with E-state index in [9.17, 15) is 0 Å². The van der Waals surface area contributed by atoms with Gasteiger partial charge in [0.15, 0.2) is 0 Å². The Morgan fingerprint density at radius 2 is 2.50 bits per heavy atom. The molecule has 3 nitrogen and oxygen atoms in total. The predicted octanol–water partition coefficient (Wildman–Crippen LogP) is 1.99. The van der Waals surface area contributed by atoms with E-state index in [4.69, 9.17) is 9.47 Å². The van der Waals surface area contributed by atoms with Crippen molar-refractivity contribution >= 4 is 27.3 Å². The predicted molar refractivity (Wildman–Crippen MR) is 49.3 cm³/mol. The third-order valence-electron chi connectivity index (χ3n) is 1.59. The maximum absolute atomic E-state index is 5.48. The van der Waals surface area contributed by atoms with E-state index in [1.54, 1.807) is 11.3 Å². The Morgan fingerprint density at radius 1 is 1.58 bits per heavy atom. The van der Waals surface area contributed by atoms with E-state index in [-0.39, 0.29) is 6.10 Å². The summed E-state index contributed by atoms with van der Waals surface area (Å²) in [5.74, 6) is 0. The zero-order chi connectivity index (χ0) is 8.39. The Bertz CT molecular complexity index is 260. The van der Waals surface area contributed by atoms with E-state index in [1.165, 1.54) is 0 Å². The summed E-state index contributed by atoms with van der Waals surface area (Å²) in [7, 11) is 0. The number of rotatable bonds is 1. The first kappa shape index (κ1) is 8.62. The minimum absolute atomic E-state index is 0.0371. The summed E-state index contributed by atoms with van der Waals surface area (Å²) in [5.41, 5.74) is 0. The highest BCUT2D eigenvalue weighted by atomic mass is 79.9. The highest BCUT2D eigenvalue weighted by molar-refractivity contribution is 9.10. The van der Waals surface area contributed by atoms with Gasteiger partial charge in [-0.05, 0) is 15.9 Å². The molecule has 1 aromatic rings. The van der Waals surface area contributed by atoms with Gasteiger partial charge in [0.1, 0.15) is 15.7 Å². The zero-order valence-electron chi connectivity index (χ0n) is 6.33. The van der Waals surface area contributed by atoms with Gasteiger partial charge in [-0.15, -0.1) is 11.3 Å². The van der Waals surface area contributed by atoms with Gasteiger partial charge in [0.05, 0.1) is 19.8 Å². The lowest BCUT2D eigenvalue weighted by Gasteiger charge is -2.20. The van der Waals surface area contributed by atoms with Crippen molar-refractivity contribution in [3.63, 3.8) is 0 Å². The monoisotopic (exact) mass is 249 g/mol. The number of hydrogen-bond acceptors (Lipinski definition) is 4. The molecule has 1 atom stereocenters. The van der Waals surface area contributed by atoms with Crippen LogP contribution in [0.25, 0.3) is 0 Å². The molecule has 1 unspecified atom stereocenters. The summed E-state index contributed by atoms with van der Waals surface area (Å²) in [6.07, 6.45) is 0.0371. The highest BCUT2D eigenvalue weighted by Crippen LogP contribution is 2.25. The first-order valence-electron chi connectivity index (χ1n) is 3.66. The molecule has 0 N–H and O–H groups in total. The van der Waals surface area contributed by atoms with Crippen molar-refractivity contribution in [1.82, 2.24) is 4.98 Å². The normalized spacial score (nSPS) is 24.2. The van der Waals surface area contributed by atoms with Crippen LogP contribution in [0, 0.1) is 0 Å². The smallest absolute Gasteiger partial charge is 0.132 e. The Kier molecular flexibility index (Phi) is 2.75. The number of aromatic nitrogens is 1. The van der Waals surface area contributed by atoms with Gasteiger partial charge in [-0.1, -0.05) is 0 Å². The van der Waals surface area contributed by atoms with Crippen molar-refractivity contribution in [3.05, 3.63) is 15.0 Å². The molecular weight excluding hydrogens is 242 g/mol. The van der Waals surface area contributed by atoms with Crippen molar-refractivity contribution < 1.29 is 9.47 Å². The first-order chi connectivity index (χ1) is 5.86. The van der Waals surface area contributed by atoms with Crippen LogP contribution in [0.5, 0.6) is 0 Å². The topological polar surface area (TPSA) is 31.4 Å². The number of hydrogen-bond donors (Lipinski definition) is 0. The lowest BCUT2D eigenvalue weighted by Crippen LogP contribution is -2.21. The molecular formula is C7H8BrNO2S. The van der Waals surface area contributed by atoms with Crippen LogP contribution in [-0.2, 0) is 9.47 Å². The fourth-order valence-electron chi connectivity index (χ4n) is 1.05. The lowest BCUT2D eigenvalue weighted by atomic mass is 10.4. The molecule has 66 valence electrons. The summed E-state index contributed by atoms with van der Waals surface area (Å²) >= 11 is 4.89. The molecule has 5 heteroatoms. The Morgan fingerprint density at radius 3 is 3.08 bits per heavy atom. The van der Waals surface area contributed by atoms with E-state index in [2.05, 4.69) is 20.9 Å². The van der Waals surface area contributed by atoms with Crippen molar-refractivity contribution in [1.29, 1.82) is 0 Å². The van der Waals surface area contributed by atoms with Gasteiger partial charge < -0.3 is 9.47 Å². The third kappa shape index (κ3) is 1.85. The second kappa shape index (κ2) is 3.83. The van der Waals surface area contributed by atoms with Gasteiger partial charge in [0, 0.05) is 5.38 Å². The molecule has 1 aromatic heterocycles. The summed E-state index contributed by atoms with van der Waals surface area (Å²) in [6, 6.07) is 0. The number of nitrogens with zero attached hydrogens (tertiary/aromatic N) is 1. The zero-order valence-corrected chi connectivity index (χ0v) is 8.73. The molecule has 1 aliphatic heterocycles. The van der Waals surface area contributed by atoms with Crippen LogP contribution in [0.2, 0.25) is 0 Å².